The largest absolute Gasteiger partial charge is 0.466 e. The van der Waals surface area contributed by atoms with E-state index in [0.29, 0.717) is 84.2 Å². The smallest absolute Gasteiger partial charge is 0.337 e. The summed E-state index contributed by atoms with van der Waals surface area (Å²) in [5.41, 5.74) is 7.19. The standard InChI is InChI=1S/C26H33NO6.C19H21N3O5.C17H18N2O6/c1-8-31-24(29)21-16(3)27-17(4)22(25(30)32-9-2)23(21)19-13-11-10-12-18(19)14-15-20(28)33-26(5,6)7;1-9(2)26-19(24)15-11(4)20-10(3)14(18(23)25-5)16(15)12-7-6-8-13-17(12)22-27-21-13;1-9-13(16(20)24-3)15(14(10(2)18-9)17(21)25-4)11-7-5-6-8-12(11)19(22)23/h10-15,23,27H,8-9H2,1-7H3;6-9,16,20H,1-5H3;5-8,15,18H,1-4H3/b15-14+;;. The van der Waals surface area contributed by atoms with Crippen LogP contribution in [0.25, 0.3) is 17.1 Å². The van der Waals surface area contributed by atoms with Gasteiger partial charge in [-0.1, -0.05) is 54.6 Å². The number of esters is 7. The summed E-state index contributed by atoms with van der Waals surface area (Å²) >= 11 is 0. The number of nitrogens with zero attached hydrogens (tertiary/aromatic N) is 3. The van der Waals surface area contributed by atoms with Crippen LogP contribution in [0.3, 0.4) is 0 Å². The maximum Gasteiger partial charge on any atom is 0.337 e. The molecule has 1 unspecified atom stereocenters. The molecule has 3 aliphatic heterocycles. The molecule has 0 aliphatic carbocycles. The highest BCUT2D eigenvalue weighted by atomic mass is 16.6. The molecule has 3 aliphatic rings. The number of dihydropyridines is 3. The van der Waals surface area contributed by atoms with Gasteiger partial charge < -0.3 is 49.1 Å². The van der Waals surface area contributed by atoms with Crippen LogP contribution in [-0.2, 0) is 66.7 Å². The number of rotatable bonds is 15. The molecule has 4 aromatic rings. The number of hydrogen-bond acceptors (Lipinski definition) is 22. The summed E-state index contributed by atoms with van der Waals surface area (Å²) in [4.78, 5) is 99.2. The predicted octanol–water partition coefficient (Wildman–Crippen LogP) is 9.16. The molecule has 0 bridgehead atoms. The van der Waals surface area contributed by atoms with Gasteiger partial charge in [-0.25, -0.2) is 38.2 Å². The predicted molar refractivity (Wildman–Crippen MR) is 311 cm³/mol. The molecule has 23 nitrogen and oxygen atoms in total. The Morgan fingerprint density at radius 2 is 0.976 bits per heavy atom. The number of nitro benzene ring substituents is 1. The number of ether oxygens (including phenoxy) is 7. The van der Waals surface area contributed by atoms with Crippen LogP contribution in [0, 0.1) is 10.1 Å². The molecule has 452 valence electrons. The van der Waals surface area contributed by atoms with Crippen LogP contribution in [-0.4, -0.2) is 103 Å². The van der Waals surface area contributed by atoms with E-state index >= 15 is 0 Å². The van der Waals surface area contributed by atoms with Crippen LogP contribution in [0.2, 0.25) is 0 Å². The molecule has 4 heterocycles. The first kappa shape index (κ1) is 66.1. The highest BCUT2D eigenvalue weighted by molar-refractivity contribution is 6.03. The van der Waals surface area contributed by atoms with E-state index in [1.54, 1.807) is 120 Å². The van der Waals surface area contributed by atoms with Crippen LogP contribution >= 0.6 is 0 Å². The lowest BCUT2D eigenvalue weighted by molar-refractivity contribution is -0.385. The summed E-state index contributed by atoms with van der Waals surface area (Å²) in [6.45, 7) is 23.1. The van der Waals surface area contributed by atoms with Gasteiger partial charge in [-0.05, 0) is 129 Å². The molecule has 1 aromatic heterocycles. The second-order valence-corrected chi connectivity index (χ2v) is 20.6. The topological polar surface area (TPSA) is 302 Å². The van der Waals surface area contributed by atoms with E-state index in [0.717, 1.165) is 0 Å². The molecule has 0 spiro atoms. The number of para-hydroxylation sites is 1. The molecule has 3 N–H and O–H groups in total. The Bertz CT molecular complexity index is 3440. The Morgan fingerprint density at radius 1 is 0.576 bits per heavy atom. The molecular weight excluding hydrogens is 1100 g/mol. The lowest BCUT2D eigenvalue weighted by Crippen LogP contribution is -2.33. The van der Waals surface area contributed by atoms with Crippen LogP contribution < -0.4 is 16.0 Å². The van der Waals surface area contributed by atoms with Crippen LogP contribution in [0.5, 0.6) is 0 Å². The van der Waals surface area contributed by atoms with Crippen molar-refractivity contribution in [2.75, 3.05) is 34.5 Å². The van der Waals surface area contributed by atoms with Gasteiger partial charge in [0.05, 0.1) is 96.8 Å². The van der Waals surface area contributed by atoms with Crippen molar-refractivity contribution in [2.24, 2.45) is 0 Å². The van der Waals surface area contributed by atoms with E-state index in [1.807, 2.05) is 24.3 Å². The van der Waals surface area contributed by atoms with Crippen molar-refractivity contribution >= 4 is 64.6 Å². The summed E-state index contributed by atoms with van der Waals surface area (Å²) in [7, 11) is 3.72. The number of methoxy groups -OCH3 is 3. The average molecular weight is 1170 g/mol. The second-order valence-electron chi connectivity index (χ2n) is 20.6. The van der Waals surface area contributed by atoms with Crippen molar-refractivity contribution in [3.8, 4) is 0 Å². The molecule has 0 amide bonds. The molecule has 23 heteroatoms. The first-order valence-electron chi connectivity index (χ1n) is 27.0. The molecule has 0 radical (unpaired) electrons. The van der Waals surface area contributed by atoms with Gasteiger partial charge >= 0.3 is 41.8 Å². The van der Waals surface area contributed by atoms with Gasteiger partial charge in [0.1, 0.15) is 16.6 Å². The Morgan fingerprint density at radius 3 is 1.41 bits per heavy atom. The highest BCUT2D eigenvalue weighted by Gasteiger charge is 2.43. The first-order chi connectivity index (χ1) is 40.2. The third kappa shape index (κ3) is 15.5. The SMILES string of the molecule is CCOC(=O)C1=C(C)NC(C)=C(C(=O)OCC)C1c1ccccc1/C=C/C(=O)OC(C)(C)C.COC(=O)C1=C(C)NC(C)=C(C(=O)OC(C)C)C1c1cccc2nonc12.COC(=O)C1=C(C)NC(C)=C(C(=O)OC)C1c1ccccc1[N+](=O)[O-]. The van der Waals surface area contributed by atoms with E-state index in [4.69, 9.17) is 37.8 Å². The number of nitrogens with one attached hydrogen (secondary N) is 3. The van der Waals surface area contributed by atoms with Gasteiger partial charge in [-0.15, -0.1) is 0 Å². The van der Waals surface area contributed by atoms with Crippen molar-refractivity contribution < 1.29 is 76.3 Å². The number of fused-ring (bicyclic) bond motifs is 1. The molecule has 0 fully saturated rings. The van der Waals surface area contributed by atoms with Gasteiger partial charge in [0.2, 0.25) is 0 Å². The molecule has 1 atom stereocenters. The van der Waals surface area contributed by atoms with Crippen LogP contribution in [0.1, 0.15) is 130 Å². The number of allylic oxidation sites excluding steroid dienone is 6. The third-order valence-corrected chi connectivity index (χ3v) is 13.2. The molecule has 0 saturated carbocycles. The summed E-state index contributed by atoms with van der Waals surface area (Å²) in [5.74, 6) is -6.36. The van der Waals surface area contributed by atoms with Gasteiger partial charge in [-0.3, -0.25) is 10.1 Å². The van der Waals surface area contributed by atoms with Crippen molar-refractivity contribution in [3.05, 3.63) is 173 Å². The maximum absolute atomic E-state index is 13.0. The highest BCUT2D eigenvalue weighted by Crippen LogP contribution is 2.45. The summed E-state index contributed by atoms with van der Waals surface area (Å²) in [5, 5.41) is 28.4. The Kier molecular flexibility index (Phi) is 22.6. The zero-order valence-corrected chi connectivity index (χ0v) is 50.5. The number of benzene rings is 3. The number of hydrogen-bond donors (Lipinski definition) is 3. The van der Waals surface area contributed by atoms with E-state index in [1.165, 1.54) is 45.6 Å². The molecule has 7 rings (SSSR count). The van der Waals surface area contributed by atoms with Crippen molar-refractivity contribution in [2.45, 2.75) is 119 Å². The minimum Gasteiger partial charge on any atom is -0.466 e. The zero-order valence-electron chi connectivity index (χ0n) is 50.5. The Balaban J connectivity index is 0.000000235. The van der Waals surface area contributed by atoms with E-state index in [9.17, 15) is 43.7 Å². The van der Waals surface area contributed by atoms with Gasteiger partial charge in [-0.2, -0.15) is 0 Å². The van der Waals surface area contributed by atoms with E-state index in [-0.39, 0.29) is 41.7 Å². The lowest BCUT2D eigenvalue weighted by Gasteiger charge is -2.31. The number of carbonyl (C=O) groups is 7. The Labute approximate surface area is 492 Å². The second kappa shape index (κ2) is 29.0. The van der Waals surface area contributed by atoms with E-state index < -0.39 is 70.1 Å². The lowest BCUT2D eigenvalue weighted by atomic mass is 9.78. The van der Waals surface area contributed by atoms with Crippen molar-refractivity contribution in [1.29, 1.82) is 0 Å². The molecular formula is C62H72N6O17. The Hall–Kier alpha value is -9.67. The van der Waals surface area contributed by atoms with E-state index in [2.05, 4.69) is 26.3 Å². The molecule has 85 heavy (non-hydrogen) atoms. The molecule has 3 aromatic carbocycles. The number of aromatic nitrogens is 2. The van der Waals surface area contributed by atoms with Crippen molar-refractivity contribution in [1.82, 2.24) is 26.3 Å². The average Bonchev–Trinajstić information content (AvgIpc) is 1.77. The van der Waals surface area contributed by atoms with Crippen LogP contribution in [0.15, 0.2) is 145 Å². The molecule has 0 saturated heterocycles. The fourth-order valence-corrected chi connectivity index (χ4v) is 9.94. The summed E-state index contributed by atoms with van der Waals surface area (Å²) in [6, 6.07) is 18.5. The van der Waals surface area contributed by atoms with Crippen LogP contribution in [0.4, 0.5) is 5.69 Å². The fraction of sp³-hybridized carbons (Fsp3) is 0.371. The van der Waals surface area contributed by atoms with Gasteiger partial charge in [0.15, 0.2) is 0 Å². The first-order valence-corrected chi connectivity index (χ1v) is 27.0. The van der Waals surface area contributed by atoms with Crippen molar-refractivity contribution in [3.63, 3.8) is 0 Å². The monoisotopic (exact) mass is 1170 g/mol. The maximum atomic E-state index is 13.0. The number of nitro groups is 1. The van der Waals surface area contributed by atoms with Gasteiger partial charge in [0.25, 0.3) is 5.69 Å². The zero-order chi connectivity index (χ0) is 63.2. The normalized spacial score (nSPS) is 15.7. The van der Waals surface area contributed by atoms with Gasteiger partial charge in [0, 0.05) is 51.9 Å². The summed E-state index contributed by atoms with van der Waals surface area (Å²) < 4.78 is 40.9. The summed E-state index contributed by atoms with van der Waals surface area (Å²) in [6.07, 6.45) is 2.66. The quantitative estimate of drug-likeness (QED) is 0.0328. The minimum absolute atomic E-state index is 0.128. The minimum atomic E-state index is -0.970. The number of carbonyl (C=O) groups excluding carboxylic acids is 7. The third-order valence-electron chi connectivity index (χ3n) is 13.2. The fourth-order valence-electron chi connectivity index (χ4n) is 9.94.